The Balaban J connectivity index is 1.48. The Labute approximate surface area is 210 Å². The summed E-state index contributed by atoms with van der Waals surface area (Å²) in [6, 6.07) is 10.0. The fourth-order valence-electron chi connectivity index (χ4n) is 5.37. The van der Waals surface area contributed by atoms with Crippen molar-refractivity contribution in [2.45, 2.75) is 65.0 Å². The van der Waals surface area contributed by atoms with Crippen LogP contribution in [0.5, 0.6) is 0 Å². The van der Waals surface area contributed by atoms with Crippen molar-refractivity contribution >= 4 is 17.6 Å². The molecular formula is C28H32FN5O2. The molecule has 188 valence electrons. The lowest BCUT2D eigenvalue weighted by Gasteiger charge is -2.28. The van der Waals surface area contributed by atoms with Gasteiger partial charge in [0.25, 0.3) is 0 Å². The number of nitrogens with zero attached hydrogens (tertiary/aromatic N) is 4. The maximum absolute atomic E-state index is 13.7. The number of amides is 2. The number of rotatable bonds is 6. The number of carbonyl (C=O) groups is 2. The molecule has 5 rings (SSSR count). The fourth-order valence-corrected chi connectivity index (χ4v) is 5.37. The molecule has 0 bridgehead atoms. The Kier molecular flexibility index (Phi) is 7.11. The second-order valence-electron chi connectivity index (χ2n) is 9.76. The molecular weight excluding hydrogens is 457 g/mol. The summed E-state index contributed by atoms with van der Waals surface area (Å²) in [6.45, 7) is 3.50. The summed E-state index contributed by atoms with van der Waals surface area (Å²) < 4.78 is 15.6. The number of halogens is 1. The van der Waals surface area contributed by atoms with Crippen molar-refractivity contribution in [2.24, 2.45) is 5.92 Å². The number of hydrogen-bond acceptors (Lipinski definition) is 4. The molecule has 2 amide bonds. The molecule has 1 aliphatic heterocycles. The maximum atomic E-state index is 13.7. The average molecular weight is 490 g/mol. The smallest absolute Gasteiger partial charge is 0.225 e. The van der Waals surface area contributed by atoms with E-state index in [0.717, 1.165) is 40.9 Å². The molecule has 1 fully saturated rings. The largest absolute Gasteiger partial charge is 0.335 e. The van der Waals surface area contributed by atoms with Crippen LogP contribution in [-0.2, 0) is 22.7 Å². The van der Waals surface area contributed by atoms with Gasteiger partial charge >= 0.3 is 0 Å². The highest BCUT2D eigenvalue weighted by Gasteiger charge is 2.28. The van der Waals surface area contributed by atoms with Crippen LogP contribution >= 0.6 is 0 Å². The topological polar surface area (TPSA) is 80.1 Å². The molecule has 2 aromatic heterocycles. The van der Waals surface area contributed by atoms with Crippen LogP contribution in [0.3, 0.4) is 0 Å². The number of anilines is 1. The third kappa shape index (κ3) is 5.17. The third-order valence-electron chi connectivity index (χ3n) is 7.27. The van der Waals surface area contributed by atoms with Gasteiger partial charge in [0, 0.05) is 36.7 Å². The van der Waals surface area contributed by atoms with Crippen molar-refractivity contribution in [1.29, 1.82) is 0 Å². The molecule has 36 heavy (non-hydrogen) atoms. The molecule has 0 unspecified atom stereocenters. The van der Waals surface area contributed by atoms with Crippen LogP contribution in [0.1, 0.15) is 57.6 Å². The zero-order chi connectivity index (χ0) is 25.1. The van der Waals surface area contributed by atoms with Crippen LogP contribution in [0.4, 0.5) is 10.2 Å². The fraction of sp³-hybridized carbons (Fsp3) is 0.429. The minimum atomic E-state index is -0.309. The van der Waals surface area contributed by atoms with Gasteiger partial charge in [-0.3, -0.25) is 14.3 Å². The molecule has 7 nitrogen and oxygen atoms in total. The van der Waals surface area contributed by atoms with Crippen LogP contribution < -0.4 is 5.32 Å². The van der Waals surface area contributed by atoms with Gasteiger partial charge in [0.05, 0.1) is 18.8 Å². The summed E-state index contributed by atoms with van der Waals surface area (Å²) in [6.07, 6.45) is 8.52. The second kappa shape index (κ2) is 10.6. The van der Waals surface area contributed by atoms with E-state index in [-0.39, 0.29) is 17.6 Å². The highest BCUT2D eigenvalue weighted by atomic mass is 19.1. The molecule has 1 aromatic carbocycles. The van der Waals surface area contributed by atoms with Gasteiger partial charge in [0.1, 0.15) is 17.3 Å². The Morgan fingerprint density at radius 3 is 2.58 bits per heavy atom. The van der Waals surface area contributed by atoms with Gasteiger partial charge in [-0.25, -0.2) is 9.37 Å². The number of benzene rings is 1. The molecule has 0 spiro atoms. The lowest BCUT2D eigenvalue weighted by molar-refractivity contribution is -0.132. The number of hydrogen-bond donors (Lipinski definition) is 1. The van der Waals surface area contributed by atoms with E-state index in [0.29, 0.717) is 44.2 Å². The van der Waals surface area contributed by atoms with Crippen molar-refractivity contribution in [1.82, 2.24) is 19.7 Å². The monoisotopic (exact) mass is 489 g/mol. The van der Waals surface area contributed by atoms with Crippen molar-refractivity contribution in [3.8, 4) is 22.4 Å². The third-order valence-corrected chi connectivity index (χ3v) is 7.27. The van der Waals surface area contributed by atoms with E-state index in [1.165, 1.54) is 31.4 Å². The molecule has 3 heterocycles. The first kappa shape index (κ1) is 24.2. The molecule has 8 heteroatoms. The normalized spacial score (nSPS) is 16.0. The second-order valence-corrected chi connectivity index (χ2v) is 9.76. The SMILES string of the molecule is CCC(=O)N1CCn2nc(-c3ccc(F)cc3)c(-c3ccnc(NC(=O)CC4CCCCC4)c3)c2C1. The first-order chi connectivity index (χ1) is 17.5. The van der Waals surface area contributed by atoms with Crippen molar-refractivity contribution in [3.05, 3.63) is 54.1 Å². The van der Waals surface area contributed by atoms with Crippen molar-refractivity contribution in [3.63, 3.8) is 0 Å². The van der Waals surface area contributed by atoms with Gasteiger partial charge in [-0.2, -0.15) is 5.10 Å². The minimum absolute atomic E-state index is 0.0120. The predicted octanol–water partition coefficient (Wildman–Crippen LogP) is 5.41. The maximum Gasteiger partial charge on any atom is 0.225 e. The number of nitrogens with one attached hydrogen (secondary N) is 1. The van der Waals surface area contributed by atoms with Gasteiger partial charge in [0.2, 0.25) is 11.8 Å². The number of aromatic nitrogens is 3. The van der Waals surface area contributed by atoms with Gasteiger partial charge in [-0.05, 0) is 60.7 Å². The zero-order valence-electron chi connectivity index (χ0n) is 20.7. The van der Waals surface area contributed by atoms with Gasteiger partial charge < -0.3 is 10.2 Å². The van der Waals surface area contributed by atoms with Crippen LogP contribution in [0.15, 0.2) is 42.6 Å². The number of fused-ring (bicyclic) bond motifs is 1. The summed E-state index contributed by atoms with van der Waals surface area (Å²) in [7, 11) is 0. The van der Waals surface area contributed by atoms with Gasteiger partial charge in [0.15, 0.2) is 0 Å². The van der Waals surface area contributed by atoms with Crippen molar-refractivity contribution in [2.75, 3.05) is 11.9 Å². The standard InChI is InChI=1S/C28H32FN5O2/c1-2-26(36)33-14-15-34-23(18-33)27(28(32-34)20-8-10-22(29)11-9-20)21-12-13-30-24(17-21)31-25(35)16-19-6-4-3-5-7-19/h8-13,17,19H,2-7,14-16,18H2,1H3,(H,30,31,35). The van der Waals surface area contributed by atoms with E-state index in [4.69, 9.17) is 5.10 Å². The molecule has 1 saturated carbocycles. The summed E-state index contributed by atoms with van der Waals surface area (Å²) in [5, 5.41) is 7.85. The summed E-state index contributed by atoms with van der Waals surface area (Å²) in [4.78, 5) is 31.5. The van der Waals surface area contributed by atoms with E-state index < -0.39 is 0 Å². The molecule has 2 aliphatic rings. The first-order valence-corrected chi connectivity index (χ1v) is 12.9. The Hall–Kier alpha value is -3.55. The van der Waals surface area contributed by atoms with E-state index in [1.807, 2.05) is 28.6 Å². The molecule has 0 atom stereocenters. The molecule has 0 saturated heterocycles. The van der Waals surface area contributed by atoms with Crippen LogP contribution in [0, 0.1) is 11.7 Å². The van der Waals surface area contributed by atoms with Gasteiger partial charge in [-0.15, -0.1) is 0 Å². The Bertz CT molecular complexity index is 1250. The molecule has 0 radical (unpaired) electrons. The lowest BCUT2D eigenvalue weighted by Crippen LogP contribution is -2.38. The Morgan fingerprint density at radius 2 is 1.83 bits per heavy atom. The number of carbonyl (C=O) groups excluding carboxylic acids is 2. The van der Waals surface area contributed by atoms with E-state index in [2.05, 4.69) is 10.3 Å². The number of pyridine rings is 1. The van der Waals surface area contributed by atoms with E-state index in [1.54, 1.807) is 18.3 Å². The minimum Gasteiger partial charge on any atom is -0.335 e. The molecule has 3 aromatic rings. The lowest BCUT2D eigenvalue weighted by atomic mass is 9.87. The highest BCUT2D eigenvalue weighted by molar-refractivity contribution is 5.91. The van der Waals surface area contributed by atoms with Crippen molar-refractivity contribution < 1.29 is 14.0 Å². The average Bonchev–Trinajstić information content (AvgIpc) is 3.28. The summed E-state index contributed by atoms with van der Waals surface area (Å²) >= 11 is 0. The van der Waals surface area contributed by atoms with E-state index >= 15 is 0 Å². The van der Waals surface area contributed by atoms with Crippen LogP contribution in [-0.4, -0.2) is 38.0 Å². The summed E-state index contributed by atoms with van der Waals surface area (Å²) in [5.74, 6) is 0.715. The predicted molar refractivity (Wildman–Crippen MR) is 136 cm³/mol. The Morgan fingerprint density at radius 1 is 1.06 bits per heavy atom. The van der Waals surface area contributed by atoms with Crippen LogP contribution in [0.25, 0.3) is 22.4 Å². The quantitative estimate of drug-likeness (QED) is 0.502. The molecule has 1 N–H and O–H groups in total. The summed E-state index contributed by atoms with van der Waals surface area (Å²) in [5.41, 5.74) is 4.17. The highest BCUT2D eigenvalue weighted by Crippen LogP contribution is 2.37. The van der Waals surface area contributed by atoms with E-state index in [9.17, 15) is 14.0 Å². The van der Waals surface area contributed by atoms with Crippen LogP contribution in [0.2, 0.25) is 0 Å². The first-order valence-electron chi connectivity index (χ1n) is 12.9. The zero-order valence-corrected chi connectivity index (χ0v) is 20.7. The van der Waals surface area contributed by atoms with Gasteiger partial charge in [-0.1, -0.05) is 26.2 Å². The molecule has 1 aliphatic carbocycles.